The minimum atomic E-state index is -4.94. The second kappa shape index (κ2) is 11.2. The fourth-order valence-corrected chi connectivity index (χ4v) is 4.36. The zero-order chi connectivity index (χ0) is 29.2. The number of halogens is 6. The highest BCUT2D eigenvalue weighted by Crippen LogP contribution is 2.45. The van der Waals surface area contributed by atoms with Crippen molar-refractivity contribution >= 4 is 22.8 Å². The average molecular weight is 562 g/mol. The van der Waals surface area contributed by atoms with Crippen LogP contribution in [-0.4, -0.2) is 37.1 Å². The first-order chi connectivity index (χ1) is 19.0. The molecular weight excluding hydrogens is 542 g/mol. The zero-order valence-electron chi connectivity index (χ0n) is 20.9. The van der Waals surface area contributed by atoms with Crippen LogP contribution < -0.4 is 10.1 Å². The molecule has 40 heavy (non-hydrogen) atoms. The number of hydrogen-bond acceptors (Lipinski definition) is 5. The minimum Gasteiger partial charge on any atom is -0.496 e. The lowest BCUT2D eigenvalue weighted by molar-refractivity contribution is -0.142. The Morgan fingerprint density at radius 2 is 1.68 bits per heavy atom. The van der Waals surface area contributed by atoms with Crippen LogP contribution in [0.3, 0.4) is 0 Å². The lowest BCUT2D eigenvalue weighted by Gasteiger charge is -2.20. The Morgan fingerprint density at radius 3 is 2.30 bits per heavy atom. The molecule has 0 spiro atoms. The third-order valence-corrected chi connectivity index (χ3v) is 6.13. The van der Waals surface area contributed by atoms with Crippen molar-refractivity contribution in [2.45, 2.75) is 18.6 Å². The summed E-state index contributed by atoms with van der Waals surface area (Å²) in [6, 6.07) is 8.28. The van der Waals surface area contributed by atoms with E-state index in [1.165, 1.54) is 30.5 Å². The van der Waals surface area contributed by atoms with Gasteiger partial charge < -0.3 is 14.8 Å². The largest absolute Gasteiger partial charge is 0.496 e. The smallest absolute Gasteiger partial charge is 0.417 e. The second-order valence-corrected chi connectivity index (χ2v) is 8.55. The Morgan fingerprint density at radius 1 is 0.975 bits per heavy atom. The molecule has 0 bridgehead atoms. The van der Waals surface area contributed by atoms with Crippen LogP contribution in [0.5, 0.6) is 5.75 Å². The number of alkyl halides is 3. The van der Waals surface area contributed by atoms with E-state index in [2.05, 4.69) is 10.3 Å². The predicted octanol–water partition coefficient (Wildman–Crippen LogP) is 5.86. The van der Waals surface area contributed by atoms with Crippen molar-refractivity contribution in [2.24, 2.45) is 0 Å². The van der Waals surface area contributed by atoms with E-state index in [-0.39, 0.29) is 23.3 Å². The average Bonchev–Trinajstić information content (AvgIpc) is 2.91. The van der Waals surface area contributed by atoms with Crippen LogP contribution in [0.2, 0.25) is 0 Å². The minimum absolute atomic E-state index is 0.0318. The second-order valence-electron chi connectivity index (χ2n) is 8.55. The van der Waals surface area contributed by atoms with Gasteiger partial charge in [-0.3, -0.25) is 9.78 Å². The van der Waals surface area contributed by atoms with Crippen LogP contribution >= 0.6 is 0 Å². The van der Waals surface area contributed by atoms with Crippen molar-refractivity contribution in [3.63, 3.8) is 0 Å². The van der Waals surface area contributed by atoms with Gasteiger partial charge in [0.15, 0.2) is 0 Å². The Hall–Kier alpha value is -4.61. The maximum absolute atomic E-state index is 14.1. The number of benzene rings is 3. The molecule has 0 unspecified atom stereocenters. The van der Waals surface area contributed by atoms with E-state index in [9.17, 15) is 35.9 Å². The molecule has 0 saturated heterocycles. The summed E-state index contributed by atoms with van der Waals surface area (Å²) in [6.07, 6.45) is -3.88. The highest BCUT2D eigenvalue weighted by atomic mass is 19.4. The molecule has 12 heteroatoms. The molecule has 208 valence electrons. The summed E-state index contributed by atoms with van der Waals surface area (Å²) < 4.78 is 93.9. The van der Waals surface area contributed by atoms with Crippen LogP contribution in [0, 0.1) is 17.5 Å². The maximum Gasteiger partial charge on any atom is 0.417 e. The van der Waals surface area contributed by atoms with Gasteiger partial charge in [-0.05, 0) is 29.8 Å². The van der Waals surface area contributed by atoms with Gasteiger partial charge in [-0.2, -0.15) is 13.2 Å². The summed E-state index contributed by atoms with van der Waals surface area (Å²) >= 11 is 0. The number of carbonyl (C=O) groups excluding carboxylic acids is 2. The quantitative estimate of drug-likeness (QED) is 0.226. The van der Waals surface area contributed by atoms with E-state index in [0.29, 0.717) is 17.0 Å². The summed E-state index contributed by atoms with van der Waals surface area (Å²) in [5.74, 6) is -5.97. The van der Waals surface area contributed by atoms with Gasteiger partial charge in [0, 0.05) is 35.2 Å². The van der Waals surface area contributed by atoms with E-state index >= 15 is 0 Å². The number of carbonyl (C=O) groups is 2. The third-order valence-electron chi connectivity index (χ3n) is 6.13. The highest BCUT2D eigenvalue weighted by molar-refractivity contribution is 5.99. The Kier molecular flexibility index (Phi) is 7.98. The van der Waals surface area contributed by atoms with Crippen molar-refractivity contribution in [2.75, 3.05) is 14.2 Å². The molecule has 3 aromatic carbocycles. The summed E-state index contributed by atoms with van der Waals surface area (Å²) in [5, 5.41) is 2.55. The monoisotopic (exact) mass is 562 g/mol. The molecule has 1 N–H and O–H groups in total. The number of ether oxygens (including phenoxy) is 2. The van der Waals surface area contributed by atoms with Crippen LogP contribution in [0.4, 0.5) is 26.3 Å². The first-order valence-electron chi connectivity index (χ1n) is 11.6. The summed E-state index contributed by atoms with van der Waals surface area (Å²) in [5.41, 5.74) is -2.26. The molecule has 6 nitrogen and oxygen atoms in total. The Balaban J connectivity index is 1.82. The van der Waals surface area contributed by atoms with Crippen LogP contribution in [0.15, 0.2) is 60.8 Å². The number of methoxy groups -OCH3 is 2. The first kappa shape index (κ1) is 28.4. The molecule has 1 aromatic heterocycles. The maximum atomic E-state index is 14.1. The number of esters is 1. The van der Waals surface area contributed by atoms with Gasteiger partial charge in [-0.15, -0.1) is 0 Å². The van der Waals surface area contributed by atoms with E-state index in [4.69, 9.17) is 9.47 Å². The van der Waals surface area contributed by atoms with Crippen LogP contribution in [-0.2, 0) is 22.1 Å². The van der Waals surface area contributed by atoms with Gasteiger partial charge in [0.2, 0.25) is 0 Å². The van der Waals surface area contributed by atoms with E-state index < -0.39 is 58.2 Å². The number of fused-ring (bicyclic) bond motifs is 1. The van der Waals surface area contributed by atoms with Gasteiger partial charge in [0.1, 0.15) is 34.8 Å². The summed E-state index contributed by atoms with van der Waals surface area (Å²) in [4.78, 5) is 29.4. The van der Waals surface area contributed by atoms with Crippen molar-refractivity contribution in [3.05, 3.63) is 94.9 Å². The first-order valence-corrected chi connectivity index (χ1v) is 11.6. The van der Waals surface area contributed by atoms with E-state index in [1.807, 2.05) is 0 Å². The van der Waals surface area contributed by atoms with Crippen LogP contribution in [0.1, 0.15) is 21.5 Å². The van der Waals surface area contributed by atoms with Crippen molar-refractivity contribution in [1.82, 2.24) is 10.3 Å². The van der Waals surface area contributed by atoms with Crippen LogP contribution in [0.25, 0.3) is 22.0 Å². The number of rotatable bonds is 7. The molecule has 0 fully saturated rings. The Bertz CT molecular complexity index is 1590. The highest BCUT2D eigenvalue weighted by Gasteiger charge is 2.37. The molecular formula is C28H20F6N2O4. The molecule has 0 aliphatic heterocycles. The topological polar surface area (TPSA) is 77.5 Å². The molecule has 0 aliphatic rings. The SMILES string of the molecule is COC(=O)[C@H](Cc1ccc(-c2c(OC)cc(F)cc2C(F)(F)F)c2ncccc12)NC(=O)c1c(F)cccc1F. The van der Waals surface area contributed by atoms with Gasteiger partial charge in [-0.1, -0.05) is 24.3 Å². The number of aromatic nitrogens is 1. The molecule has 1 heterocycles. The normalized spacial score (nSPS) is 12.2. The van der Waals surface area contributed by atoms with E-state index in [1.54, 1.807) is 0 Å². The molecule has 0 saturated carbocycles. The fourth-order valence-electron chi connectivity index (χ4n) is 4.36. The third kappa shape index (κ3) is 5.56. The number of hydrogen-bond donors (Lipinski definition) is 1. The fraction of sp³-hybridized carbons (Fsp3) is 0.179. The van der Waals surface area contributed by atoms with Gasteiger partial charge in [0.05, 0.1) is 25.3 Å². The molecule has 1 atom stereocenters. The van der Waals surface area contributed by atoms with Gasteiger partial charge in [-0.25, -0.2) is 18.0 Å². The van der Waals surface area contributed by atoms with Crippen molar-refractivity contribution < 1.29 is 45.4 Å². The predicted molar refractivity (Wildman–Crippen MR) is 132 cm³/mol. The van der Waals surface area contributed by atoms with Crippen molar-refractivity contribution in [3.8, 4) is 16.9 Å². The molecule has 4 rings (SSSR count). The van der Waals surface area contributed by atoms with E-state index in [0.717, 1.165) is 38.5 Å². The molecule has 0 radical (unpaired) electrons. The van der Waals surface area contributed by atoms with Gasteiger partial charge in [0.25, 0.3) is 5.91 Å². The standard InChI is InChI=1S/C28H20F6N2O4/c1-39-22-13-15(29)12-18(28(32,33)34)23(22)17-9-8-14(16-5-4-10-35-25(16)17)11-21(27(38)40-2)36-26(37)24-19(30)6-3-7-20(24)31/h3-10,12-13,21H,11H2,1-2H3,(H,36,37)/t21-/m0/s1. The Labute approximate surface area is 223 Å². The number of pyridine rings is 1. The molecule has 0 aliphatic carbocycles. The van der Waals surface area contributed by atoms with Crippen molar-refractivity contribution in [1.29, 1.82) is 0 Å². The number of nitrogens with one attached hydrogen (secondary N) is 1. The molecule has 4 aromatic rings. The lowest BCUT2D eigenvalue weighted by atomic mass is 9.92. The number of nitrogens with zero attached hydrogens (tertiary/aromatic N) is 1. The summed E-state index contributed by atoms with van der Waals surface area (Å²) in [6.45, 7) is 0. The van der Waals surface area contributed by atoms with Gasteiger partial charge >= 0.3 is 12.1 Å². The zero-order valence-corrected chi connectivity index (χ0v) is 20.9. The lowest BCUT2D eigenvalue weighted by Crippen LogP contribution is -2.43. The number of amides is 1. The molecule has 1 amide bonds. The summed E-state index contributed by atoms with van der Waals surface area (Å²) in [7, 11) is 2.15.